The number of rotatable bonds is 4. The van der Waals surface area contributed by atoms with E-state index in [0.29, 0.717) is 10.7 Å². The summed E-state index contributed by atoms with van der Waals surface area (Å²) in [7, 11) is 0. The number of carbonyl (C=O) groups excluding carboxylic acids is 1. The van der Waals surface area contributed by atoms with Crippen molar-refractivity contribution in [3.8, 4) is 11.3 Å². The van der Waals surface area contributed by atoms with E-state index in [0.717, 1.165) is 28.8 Å². The number of hydrogen-bond donors (Lipinski definition) is 1. The number of anilines is 1. The standard InChI is InChI=1S/C20H20N2OS/c1-4-15-8-10-16(11-9-15)18-12-24-20(21-18)22-19(23)17-7-5-6-13(2)14(17)3/h5-12H,4H2,1-3H3,(H,21,22,23). The number of aromatic nitrogens is 1. The number of thiazole rings is 1. The van der Waals surface area contributed by atoms with E-state index in [-0.39, 0.29) is 5.91 Å². The van der Waals surface area contributed by atoms with Gasteiger partial charge in [-0.1, -0.05) is 43.3 Å². The van der Waals surface area contributed by atoms with Crippen LogP contribution in [0.3, 0.4) is 0 Å². The molecule has 0 bridgehead atoms. The number of hydrogen-bond acceptors (Lipinski definition) is 3. The van der Waals surface area contributed by atoms with Crippen LogP contribution in [0.2, 0.25) is 0 Å². The van der Waals surface area contributed by atoms with Crippen LogP contribution in [0.5, 0.6) is 0 Å². The topological polar surface area (TPSA) is 42.0 Å². The van der Waals surface area contributed by atoms with Crippen LogP contribution in [0, 0.1) is 13.8 Å². The highest BCUT2D eigenvalue weighted by atomic mass is 32.1. The first-order valence-corrected chi connectivity index (χ1v) is 8.89. The first-order chi connectivity index (χ1) is 11.6. The lowest BCUT2D eigenvalue weighted by Gasteiger charge is -2.07. The lowest BCUT2D eigenvalue weighted by Crippen LogP contribution is -2.13. The summed E-state index contributed by atoms with van der Waals surface area (Å²) in [4.78, 5) is 17.0. The monoisotopic (exact) mass is 336 g/mol. The van der Waals surface area contributed by atoms with Crippen LogP contribution in [-0.2, 0) is 6.42 Å². The summed E-state index contributed by atoms with van der Waals surface area (Å²) in [5.41, 5.74) is 6.06. The second kappa shape index (κ2) is 6.97. The largest absolute Gasteiger partial charge is 0.298 e. The number of nitrogens with zero attached hydrogens (tertiary/aromatic N) is 1. The minimum atomic E-state index is -0.113. The van der Waals surface area contributed by atoms with Crippen LogP contribution >= 0.6 is 11.3 Å². The Kier molecular flexibility index (Phi) is 4.76. The van der Waals surface area contributed by atoms with Gasteiger partial charge in [-0.3, -0.25) is 10.1 Å². The van der Waals surface area contributed by atoms with E-state index in [1.54, 1.807) is 0 Å². The molecule has 0 aliphatic rings. The fraction of sp³-hybridized carbons (Fsp3) is 0.200. The van der Waals surface area contributed by atoms with Gasteiger partial charge in [0.2, 0.25) is 0 Å². The van der Waals surface area contributed by atoms with Crippen molar-refractivity contribution >= 4 is 22.4 Å². The van der Waals surface area contributed by atoms with E-state index in [9.17, 15) is 4.79 Å². The number of aryl methyl sites for hydroxylation is 2. The van der Waals surface area contributed by atoms with Crippen molar-refractivity contribution in [1.82, 2.24) is 4.98 Å². The van der Waals surface area contributed by atoms with Gasteiger partial charge < -0.3 is 0 Å². The maximum atomic E-state index is 12.5. The Labute approximate surface area is 146 Å². The number of amides is 1. The lowest BCUT2D eigenvalue weighted by molar-refractivity contribution is 0.102. The van der Waals surface area contributed by atoms with Gasteiger partial charge in [-0.05, 0) is 43.0 Å². The Hall–Kier alpha value is -2.46. The molecular formula is C20H20N2OS. The van der Waals surface area contributed by atoms with Gasteiger partial charge in [-0.15, -0.1) is 11.3 Å². The summed E-state index contributed by atoms with van der Waals surface area (Å²) in [6.07, 6.45) is 1.02. The minimum absolute atomic E-state index is 0.113. The summed E-state index contributed by atoms with van der Waals surface area (Å²) in [6, 6.07) is 14.1. The molecule has 0 radical (unpaired) electrons. The smallest absolute Gasteiger partial charge is 0.257 e. The first kappa shape index (κ1) is 16.4. The summed E-state index contributed by atoms with van der Waals surface area (Å²) in [6.45, 7) is 6.11. The van der Waals surface area contributed by atoms with Gasteiger partial charge in [-0.2, -0.15) is 0 Å². The van der Waals surface area contributed by atoms with Crippen molar-refractivity contribution in [2.24, 2.45) is 0 Å². The maximum Gasteiger partial charge on any atom is 0.257 e. The molecule has 1 N–H and O–H groups in total. The van der Waals surface area contributed by atoms with E-state index in [1.165, 1.54) is 16.9 Å². The van der Waals surface area contributed by atoms with E-state index < -0.39 is 0 Å². The van der Waals surface area contributed by atoms with E-state index in [1.807, 2.05) is 37.4 Å². The van der Waals surface area contributed by atoms with Gasteiger partial charge in [-0.25, -0.2) is 4.98 Å². The van der Waals surface area contributed by atoms with E-state index >= 15 is 0 Å². The second-order valence-corrected chi connectivity index (χ2v) is 6.65. The fourth-order valence-corrected chi connectivity index (χ4v) is 3.25. The van der Waals surface area contributed by atoms with Crippen molar-refractivity contribution in [2.75, 3.05) is 5.32 Å². The average Bonchev–Trinajstić information content (AvgIpc) is 3.05. The van der Waals surface area contributed by atoms with E-state index in [2.05, 4.69) is 41.5 Å². The van der Waals surface area contributed by atoms with Crippen molar-refractivity contribution in [3.05, 3.63) is 70.1 Å². The van der Waals surface area contributed by atoms with Gasteiger partial charge in [0.05, 0.1) is 5.69 Å². The molecule has 1 aromatic heterocycles. The number of carbonyl (C=O) groups is 1. The molecule has 3 nitrogen and oxygen atoms in total. The third-order valence-electron chi connectivity index (χ3n) is 4.23. The minimum Gasteiger partial charge on any atom is -0.298 e. The Bertz CT molecular complexity index is 866. The van der Waals surface area contributed by atoms with Crippen LogP contribution in [0.15, 0.2) is 47.8 Å². The molecule has 0 saturated heterocycles. The molecule has 0 aliphatic carbocycles. The van der Waals surface area contributed by atoms with Gasteiger partial charge in [0.1, 0.15) is 0 Å². The maximum absolute atomic E-state index is 12.5. The number of nitrogens with one attached hydrogen (secondary N) is 1. The Morgan fingerprint density at radius 2 is 1.88 bits per heavy atom. The van der Waals surface area contributed by atoms with Crippen LogP contribution in [0.25, 0.3) is 11.3 Å². The fourth-order valence-electron chi connectivity index (χ4n) is 2.54. The van der Waals surface area contributed by atoms with Crippen LogP contribution in [0.1, 0.15) is 34.0 Å². The Balaban J connectivity index is 1.78. The van der Waals surface area contributed by atoms with Gasteiger partial charge in [0, 0.05) is 16.5 Å². The highest BCUT2D eigenvalue weighted by Gasteiger charge is 2.13. The van der Waals surface area contributed by atoms with Gasteiger partial charge in [0.15, 0.2) is 5.13 Å². The zero-order valence-corrected chi connectivity index (χ0v) is 14.9. The molecule has 0 spiro atoms. The predicted molar refractivity (Wildman–Crippen MR) is 101 cm³/mol. The summed E-state index contributed by atoms with van der Waals surface area (Å²) >= 11 is 1.44. The highest BCUT2D eigenvalue weighted by Crippen LogP contribution is 2.26. The van der Waals surface area contributed by atoms with Crippen molar-refractivity contribution in [3.63, 3.8) is 0 Å². The third kappa shape index (κ3) is 3.39. The molecule has 0 saturated carbocycles. The molecule has 0 atom stereocenters. The van der Waals surface area contributed by atoms with Crippen molar-refractivity contribution < 1.29 is 4.79 Å². The van der Waals surface area contributed by atoms with E-state index in [4.69, 9.17) is 0 Å². The first-order valence-electron chi connectivity index (χ1n) is 8.01. The molecule has 0 unspecified atom stereocenters. The molecular weight excluding hydrogens is 316 g/mol. The van der Waals surface area contributed by atoms with Crippen molar-refractivity contribution in [1.29, 1.82) is 0 Å². The Morgan fingerprint density at radius 1 is 1.12 bits per heavy atom. The summed E-state index contributed by atoms with van der Waals surface area (Å²) < 4.78 is 0. The SMILES string of the molecule is CCc1ccc(-c2csc(NC(=O)c3cccc(C)c3C)n2)cc1. The Morgan fingerprint density at radius 3 is 2.58 bits per heavy atom. The molecule has 2 aromatic carbocycles. The third-order valence-corrected chi connectivity index (χ3v) is 4.99. The van der Waals surface area contributed by atoms with Crippen LogP contribution in [0.4, 0.5) is 5.13 Å². The molecule has 0 aliphatic heterocycles. The number of benzene rings is 2. The zero-order chi connectivity index (χ0) is 17.1. The molecule has 1 heterocycles. The van der Waals surface area contributed by atoms with Gasteiger partial charge >= 0.3 is 0 Å². The van der Waals surface area contributed by atoms with Crippen LogP contribution in [-0.4, -0.2) is 10.9 Å². The highest BCUT2D eigenvalue weighted by molar-refractivity contribution is 7.14. The summed E-state index contributed by atoms with van der Waals surface area (Å²) in [5.74, 6) is -0.113. The molecule has 122 valence electrons. The molecule has 0 fully saturated rings. The molecule has 1 amide bonds. The summed E-state index contributed by atoms with van der Waals surface area (Å²) in [5, 5.41) is 5.50. The normalized spacial score (nSPS) is 10.6. The quantitative estimate of drug-likeness (QED) is 0.708. The molecule has 3 rings (SSSR count). The second-order valence-electron chi connectivity index (χ2n) is 5.79. The average molecular weight is 336 g/mol. The molecule has 3 aromatic rings. The van der Waals surface area contributed by atoms with Gasteiger partial charge in [0.25, 0.3) is 5.91 Å². The van der Waals surface area contributed by atoms with Crippen molar-refractivity contribution in [2.45, 2.75) is 27.2 Å². The zero-order valence-electron chi connectivity index (χ0n) is 14.1. The lowest BCUT2D eigenvalue weighted by atomic mass is 10.0. The molecule has 24 heavy (non-hydrogen) atoms. The predicted octanol–water partition coefficient (Wildman–Crippen LogP) is 5.24. The molecule has 4 heteroatoms. The van der Waals surface area contributed by atoms with Crippen LogP contribution < -0.4 is 5.32 Å².